The number of hydrogen-bond donors (Lipinski definition) is 2. The summed E-state index contributed by atoms with van der Waals surface area (Å²) in [6.07, 6.45) is 0. The molecular formula is C25H26N2O6S. The number of ether oxygens (including phenoxy) is 2. The highest BCUT2D eigenvalue weighted by Gasteiger charge is 2.20. The van der Waals surface area contributed by atoms with Gasteiger partial charge in [0.2, 0.25) is 0 Å². The summed E-state index contributed by atoms with van der Waals surface area (Å²) in [4.78, 5) is 24.9. The van der Waals surface area contributed by atoms with Crippen LogP contribution < -0.4 is 14.8 Å². The van der Waals surface area contributed by atoms with Gasteiger partial charge in [0.25, 0.3) is 15.9 Å². The zero-order valence-electron chi connectivity index (χ0n) is 19.3. The largest absolute Gasteiger partial charge is 0.495 e. The van der Waals surface area contributed by atoms with Gasteiger partial charge in [0.15, 0.2) is 6.61 Å². The van der Waals surface area contributed by atoms with Gasteiger partial charge in [-0.25, -0.2) is 13.2 Å². The minimum Gasteiger partial charge on any atom is -0.495 e. The van der Waals surface area contributed by atoms with Gasteiger partial charge in [-0.1, -0.05) is 24.3 Å². The fraction of sp³-hybridized carbons (Fsp3) is 0.200. The number of amides is 1. The van der Waals surface area contributed by atoms with Crippen molar-refractivity contribution in [1.82, 2.24) is 0 Å². The van der Waals surface area contributed by atoms with Crippen LogP contribution >= 0.6 is 0 Å². The van der Waals surface area contributed by atoms with Crippen LogP contribution in [0.5, 0.6) is 5.75 Å². The Balaban J connectivity index is 1.71. The second-order valence-corrected chi connectivity index (χ2v) is 9.46. The third kappa shape index (κ3) is 6.14. The lowest BCUT2D eigenvalue weighted by Crippen LogP contribution is -2.22. The van der Waals surface area contributed by atoms with E-state index in [0.717, 1.165) is 11.1 Å². The van der Waals surface area contributed by atoms with Crippen molar-refractivity contribution in [2.75, 3.05) is 23.8 Å². The molecule has 0 aromatic heterocycles. The number of aryl methyl sites for hydroxylation is 3. The topological polar surface area (TPSA) is 111 Å². The lowest BCUT2D eigenvalue weighted by Gasteiger charge is -2.13. The number of benzene rings is 3. The van der Waals surface area contributed by atoms with Gasteiger partial charge in [0.05, 0.1) is 23.3 Å². The molecular weight excluding hydrogens is 456 g/mol. The Morgan fingerprint density at radius 1 is 0.912 bits per heavy atom. The molecule has 3 aromatic rings. The molecule has 3 aromatic carbocycles. The highest BCUT2D eigenvalue weighted by Crippen LogP contribution is 2.25. The van der Waals surface area contributed by atoms with Crippen molar-refractivity contribution >= 4 is 33.3 Å². The minimum atomic E-state index is -3.94. The van der Waals surface area contributed by atoms with Gasteiger partial charge in [0, 0.05) is 5.69 Å². The lowest BCUT2D eigenvalue weighted by molar-refractivity contribution is -0.119. The zero-order chi connectivity index (χ0) is 24.9. The lowest BCUT2D eigenvalue weighted by atomic mass is 10.1. The summed E-state index contributed by atoms with van der Waals surface area (Å²) < 4.78 is 38.5. The molecule has 0 aliphatic rings. The zero-order valence-corrected chi connectivity index (χ0v) is 20.2. The molecule has 0 saturated carbocycles. The van der Waals surface area contributed by atoms with E-state index in [1.165, 1.54) is 25.3 Å². The third-order valence-corrected chi connectivity index (χ3v) is 6.35. The molecule has 1 amide bonds. The molecule has 0 bridgehead atoms. The summed E-state index contributed by atoms with van der Waals surface area (Å²) in [6.45, 7) is 4.82. The summed E-state index contributed by atoms with van der Waals surface area (Å²) in [7, 11) is -2.45. The van der Waals surface area contributed by atoms with Gasteiger partial charge in [-0.2, -0.15) is 0 Å². The van der Waals surface area contributed by atoms with E-state index in [1.807, 2.05) is 26.0 Å². The van der Waals surface area contributed by atoms with Crippen molar-refractivity contribution in [3.8, 4) is 5.75 Å². The van der Waals surface area contributed by atoms with Crippen molar-refractivity contribution < 1.29 is 27.5 Å². The van der Waals surface area contributed by atoms with Crippen molar-refractivity contribution in [3.63, 3.8) is 0 Å². The van der Waals surface area contributed by atoms with Gasteiger partial charge in [-0.3, -0.25) is 9.52 Å². The smallest absolute Gasteiger partial charge is 0.338 e. The fourth-order valence-corrected chi connectivity index (χ4v) is 4.30. The van der Waals surface area contributed by atoms with E-state index in [9.17, 15) is 18.0 Å². The Morgan fingerprint density at radius 2 is 1.65 bits per heavy atom. The molecule has 8 nitrogen and oxygen atoms in total. The third-order valence-electron chi connectivity index (χ3n) is 4.97. The maximum atomic E-state index is 12.8. The molecule has 0 saturated heterocycles. The number of anilines is 2. The maximum absolute atomic E-state index is 12.8. The van der Waals surface area contributed by atoms with E-state index in [0.29, 0.717) is 22.7 Å². The molecule has 0 unspecified atom stereocenters. The van der Waals surface area contributed by atoms with Crippen molar-refractivity contribution in [2.24, 2.45) is 0 Å². The van der Waals surface area contributed by atoms with Crippen LogP contribution in [0.3, 0.4) is 0 Å². The molecule has 178 valence electrons. The van der Waals surface area contributed by atoms with E-state index in [4.69, 9.17) is 9.47 Å². The summed E-state index contributed by atoms with van der Waals surface area (Å²) in [5.74, 6) is -0.892. The number of sulfonamides is 1. The average Bonchev–Trinajstić information content (AvgIpc) is 2.77. The highest BCUT2D eigenvalue weighted by atomic mass is 32.2. The number of carbonyl (C=O) groups is 2. The Morgan fingerprint density at radius 3 is 2.35 bits per heavy atom. The van der Waals surface area contributed by atoms with Crippen LogP contribution in [-0.2, 0) is 19.6 Å². The van der Waals surface area contributed by atoms with E-state index in [2.05, 4.69) is 10.0 Å². The molecule has 0 atom stereocenters. The highest BCUT2D eigenvalue weighted by molar-refractivity contribution is 7.92. The monoisotopic (exact) mass is 482 g/mol. The number of nitrogens with one attached hydrogen (secondary N) is 2. The molecule has 34 heavy (non-hydrogen) atoms. The van der Waals surface area contributed by atoms with Gasteiger partial charge in [-0.05, 0) is 73.9 Å². The first kappa shape index (κ1) is 24.8. The number of carbonyl (C=O) groups excluding carboxylic acids is 2. The number of esters is 1. The molecule has 9 heteroatoms. The number of methoxy groups -OCH3 is 1. The van der Waals surface area contributed by atoms with Crippen LogP contribution in [-0.4, -0.2) is 34.0 Å². The summed E-state index contributed by atoms with van der Waals surface area (Å²) in [5, 5.41) is 2.64. The van der Waals surface area contributed by atoms with E-state index in [-0.39, 0.29) is 10.5 Å². The molecule has 0 aliphatic heterocycles. The number of hydrogen-bond acceptors (Lipinski definition) is 6. The van der Waals surface area contributed by atoms with Gasteiger partial charge < -0.3 is 14.8 Å². The first-order valence-electron chi connectivity index (χ1n) is 10.4. The van der Waals surface area contributed by atoms with Crippen LogP contribution in [0, 0.1) is 20.8 Å². The molecule has 0 heterocycles. The molecule has 0 spiro atoms. The van der Waals surface area contributed by atoms with Crippen LogP contribution in [0.1, 0.15) is 27.0 Å². The van der Waals surface area contributed by atoms with Crippen LogP contribution in [0.2, 0.25) is 0 Å². The molecule has 0 radical (unpaired) electrons. The van der Waals surface area contributed by atoms with Gasteiger partial charge in [-0.15, -0.1) is 0 Å². The van der Waals surface area contributed by atoms with E-state index < -0.39 is 28.5 Å². The van der Waals surface area contributed by atoms with E-state index >= 15 is 0 Å². The summed E-state index contributed by atoms with van der Waals surface area (Å²) in [6, 6.07) is 16.4. The molecule has 2 N–H and O–H groups in total. The predicted molar refractivity (Wildman–Crippen MR) is 130 cm³/mol. The Labute approximate surface area is 199 Å². The Kier molecular flexibility index (Phi) is 7.57. The molecule has 3 rings (SSSR count). The summed E-state index contributed by atoms with van der Waals surface area (Å²) in [5.41, 5.74) is 3.24. The van der Waals surface area contributed by atoms with Crippen molar-refractivity contribution in [3.05, 3.63) is 82.9 Å². The first-order valence-corrected chi connectivity index (χ1v) is 11.9. The second kappa shape index (κ2) is 10.4. The Hall–Kier alpha value is -3.85. The fourth-order valence-electron chi connectivity index (χ4n) is 3.23. The second-order valence-electron chi connectivity index (χ2n) is 7.78. The Bertz CT molecular complexity index is 1330. The SMILES string of the molecule is COc1ccc(C)cc1NC(=O)COC(=O)c1cc(S(=O)(=O)Nc2cccc(C)c2)ccc1C. The van der Waals surface area contributed by atoms with Gasteiger partial charge in [0.1, 0.15) is 5.75 Å². The quantitative estimate of drug-likeness (QED) is 0.465. The average molecular weight is 483 g/mol. The standard InChI is InChI=1S/C25H26N2O6S/c1-16-6-5-7-19(12-16)27-34(30,31)20-10-9-18(3)21(14-20)25(29)33-15-24(28)26-22-13-17(2)8-11-23(22)32-4/h5-14,27H,15H2,1-4H3,(H,26,28). The normalized spacial score (nSPS) is 10.9. The molecule has 0 fully saturated rings. The van der Waals surface area contributed by atoms with Crippen molar-refractivity contribution in [2.45, 2.75) is 25.7 Å². The summed E-state index contributed by atoms with van der Waals surface area (Å²) >= 11 is 0. The number of rotatable bonds is 8. The van der Waals surface area contributed by atoms with Crippen LogP contribution in [0.15, 0.2) is 65.6 Å². The minimum absolute atomic E-state index is 0.0491. The predicted octanol–water partition coefficient (Wildman–Crippen LogP) is 4.22. The van der Waals surface area contributed by atoms with Crippen LogP contribution in [0.25, 0.3) is 0 Å². The first-order chi connectivity index (χ1) is 16.1. The van der Waals surface area contributed by atoms with E-state index in [1.54, 1.807) is 37.3 Å². The van der Waals surface area contributed by atoms with Gasteiger partial charge >= 0.3 is 5.97 Å². The van der Waals surface area contributed by atoms with Crippen molar-refractivity contribution in [1.29, 1.82) is 0 Å². The van der Waals surface area contributed by atoms with Crippen LogP contribution in [0.4, 0.5) is 11.4 Å². The maximum Gasteiger partial charge on any atom is 0.338 e. The molecule has 0 aliphatic carbocycles.